The summed E-state index contributed by atoms with van der Waals surface area (Å²) in [5.74, 6) is -0.444. The van der Waals surface area contributed by atoms with E-state index in [1.165, 1.54) is 44.6 Å². The van der Waals surface area contributed by atoms with Gasteiger partial charge in [0.25, 0.3) is 5.91 Å². The van der Waals surface area contributed by atoms with Gasteiger partial charge in [-0.05, 0) is 68.2 Å². The van der Waals surface area contributed by atoms with E-state index in [0.717, 1.165) is 25.7 Å². The smallest absolute Gasteiger partial charge is 0.257 e. The number of ether oxygens (including phenoxy) is 1. The van der Waals surface area contributed by atoms with E-state index in [9.17, 15) is 14.4 Å². The van der Waals surface area contributed by atoms with Crippen LogP contribution in [0.5, 0.6) is 0 Å². The van der Waals surface area contributed by atoms with E-state index >= 15 is 0 Å². The molecule has 0 radical (unpaired) electrons. The van der Waals surface area contributed by atoms with Gasteiger partial charge in [-0.25, -0.2) is 0 Å². The second-order valence-electron chi connectivity index (χ2n) is 10.1. The molecule has 0 heterocycles. The molecule has 2 amide bonds. The van der Waals surface area contributed by atoms with Gasteiger partial charge in [0.2, 0.25) is 5.91 Å². The first-order chi connectivity index (χ1) is 18.1. The third-order valence-electron chi connectivity index (χ3n) is 7.53. The predicted octanol–water partition coefficient (Wildman–Crippen LogP) is 6.23. The fraction of sp³-hybridized carbons (Fsp3) is 0.452. The molecule has 0 unspecified atom stereocenters. The fourth-order valence-electron chi connectivity index (χ4n) is 5.70. The zero-order valence-corrected chi connectivity index (χ0v) is 21.6. The van der Waals surface area contributed by atoms with Crippen molar-refractivity contribution in [3.63, 3.8) is 0 Å². The highest BCUT2D eigenvalue weighted by atomic mass is 16.5. The summed E-state index contributed by atoms with van der Waals surface area (Å²) in [6.45, 7) is 3.23. The Balaban J connectivity index is 1.44. The number of anilines is 2. The zero-order valence-electron chi connectivity index (χ0n) is 21.6. The van der Waals surface area contributed by atoms with Gasteiger partial charge in [0.15, 0.2) is 5.78 Å². The van der Waals surface area contributed by atoms with Crippen LogP contribution >= 0.6 is 0 Å². The van der Waals surface area contributed by atoms with Crippen LogP contribution in [0, 0.1) is 0 Å². The molecule has 0 spiro atoms. The molecule has 4 rings (SSSR count). The summed E-state index contributed by atoms with van der Waals surface area (Å²) in [6, 6.07) is 16.7. The number of nitrogens with zero attached hydrogens (tertiary/aromatic N) is 2. The number of benzene rings is 2. The second kappa shape index (κ2) is 13.3. The molecule has 37 heavy (non-hydrogen) atoms. The summed E-state index contributed by atoms with van der Waals surface area (Å²) in [5.41, 5.74) is 1.82. The first-order valence-corrected chi connectivity index (χ1v) is 13.6. The maximum absolute atomic E-state index is 13.4. The van der Waals surface area contributed by atoms with Crippen LogP contribution in [-0.2, 0) is 14.3 Å². The number of amides is 2. The summed E-state index contributed by atoms with van der Waals surface area (Å²) in [4.78, 5) is 42.4. The van der Waals surface area contributed by atoms with E-state index in [-0.39, 0.29) is 30.8 Å². The van der Waals surface area contributed by atoms with Crippen LogP contribution < -0.4 is 4.90 Å². The van der Waals surface area contributed by atoms with Gasteiger partial charge in [0.05, 0.1) is 0 Å². The van der Waals surface area contributed by atoms with Gasteiger partial charge in [-0.3, -0.25) is 19.3 Å². The Kier molecular flexibility index (Phi) is 9.66. The lowest BCUT2D eigenvalue weighted by atomic mass is 9.88. The minimum absolute atomic E-state index is 0.00477. The minimum Gasteiger partial charge on any atom is -0.362 e. The Morgan fingerprint density at radius 3 is 1.78 bits per heavy atom. The maximum atomic E-state index is 13.4. The molecule has 0 bridgehead atoms. The van der Waals surface area contributed by atoms with Gasteiger partial charge in [0, 0.05) is 29.0 Å². The summed E-state index contributed by atoms with van der Waals surface area (Å²) in [6.07, 6.45) is 12.7. The van der Waals surface area contributed by atoms with Gasteiger partial charge in [0.1, 0.15) is 13.2 Å². The maximum Gasteiger partial charge on any atom is 0.257 e. The van der Waals surface area contributed by atoms with E-state index in [4.69, 9.17) is 4.74 Å². The highest BCUT2D eigenvalue weighted by Gasteiger charge is 2.32. The lowest BCUT2D eigenvalue weighted by Gasteiger charge is -2.41. The number of para-hydroxylation sites is 1. The van der Waals surface area contributed by atoms with Crippen molar-refractivity contribution >= 4 is 29.0 Å². The van der Waals surface area contributed by atoms with Crippen LogP contribution in [0.3, 0.4) is 0 Å². The molecule has 2 aliphatic carbocycles. The van der Waals surface area contributed by atoms with Gasteiger partial charge in [-0.2, -0.15) is 0 Å². The molecular formula is C31H38N2O4. The molecule has 0 N–H and O–H groups in total. The number of carbonyl (C=O) groups is 3. The molecule has 0 aliphatic heterocycles. The average molecular weight is 503 g/mol. The Bertz CT molecular complexity index is 1040. The first-order valence-electron chi connectivity index (χ1n) is 13.6. The third-order valence-corrected chi connectivity index (χ3v) is 7.53. The molecule has 0 atom stereocenters. The van der Waals surface area contributed by atoms with Crippen LogP contribution in [0.2, 0.25) is 0 Å². The Morgan fingerprint density at radius 2 is 1.24 bits per heavy atom. The SMILES string of the molecule is C=CC(=O)c1ccc(N(C(=O)COCC(=O)N(C2CCCCC2)C2CCCCC2)c2ccccc2)cc1. The summed E-state index contributed by atoms with van der Waals surface area (Å²) in [5, 5.41) is 0. The molecule has 2 saturated carbocycles. The topological polar surface area (TPSA) is 66.9 Å². The van der Waals surface area contributed by atoms with Gasteiger partial charge in [-0.15, -0.1) is 0 Å². The molecule has 6 nitrogen and oxygen atoms in total. The molecule has 0 aromatic heterocycles. The van der Waals surface area contributed by atoms with Crippen molar-refractivity contribution < 1.29 is 19.1 Å². The zero-order chi connectivity index (χ0) is 26.0. The fourth-order valence-corrected chi connectivity index (χ4v) is 5.70. The van der Waals surface area contributed by atoms with E-state index in [2.05, 4.69) is 11.5 Å². The van der Waals surface area contributed by atoms with E-state index in [1.807, 2.05) is 30.3 Å². The lowest BCUT2D eigenvalue weighted by molar-refractivity contribution is -0.144. The predicted molar refractivity (Wildman–Crippen MR) is 146 cm³/mol. The van der Waals surface area contributed by atoms with Crippen LogP contribution in [-0.4, -0.2) is 47.8 Å². The Hall–Kier alpha value is -3.25. The van der Waals surface area contributed by atoms with E-state index in [0.29, 0.717) is 29.0 Å². The molecule has 2 aromatic carbocycles. The number of rotatable bonds is 10. The van der Waals surface area contributed by atoms with Crippen molar-refractivity contribution in [2.24, 2.45) is 0 Å². The Labute approximate surface area is 220 Å². The Morgan fingerprint density at radius 1 is 0.730 bits per heavy atom. The highest BCUT2D eigenvalue weighted by Crippen LogP contribution is 2.31. The first kappa shape index (κ1) is 26.8. The van der Waals surface area contributed by atoms with Crippen LogP contribution in [0.15, 0.2) is 67.3 Å². The molecule has 2 aromatic rings. The van der Waals surface area contributed by atoms with Crippen LogP contribution in [0.1, 0.15) is 74.6 Å². The summed E-state index contributed by atoms with van der Waals surface area (Å²) >= 11 is 0. The second-order valence-corrected chi connectivity index (χ2v) is 10.1. The third kappa shape index (κ3) is 6.95. The molecule has 0 saturated heterocycles. The van der Waals surface area contributed by atoms with Crippen molar-refractivity contribution in [1.82, 2.24) is 4.90 Å². The quantitative estimate of drug-likeness (QED) is 0.285. The van der Waals surface area contributed by atoms with Gasteiger partial charge < -0.3 is 9.64 Å². The molecule has 2 aliphatic rings. The van der Waals surface area contributed by atoms with Crippen molar-refractivity contribution in [3.05, 3.63) is 72.8 Å². The van der Waals surface area contributed by atoms with Crippen molar-refractivity contribution in [3.8, 4) is 0 Å². The van der Waals surface area contributed by atoms with Crippen molar-refractivity contribution in [2.75, 3.05) is 18.1 Å². The van der Waals surface area contributed by atoms with Crippen molar-refractivity contribution in [1.29, 1.82) is 0 Å². The largest absolute Gasteiger partial charge is 0.362 e. The molecular weight excluding hydrogens is 464 g/mol. The molecule has 6 heteroatoms. The monoisotopic (exact) mass is 502 g/mol. The highest BCUT2D eigenvalue weighted by molar-refractivity contribution is 6.05. The summed E-state index contributed by atoms with van der Waals surface area (Å²) in [7, 11) is 0. The van der Waals surface area contributed by atoms with E-state index < -0.39 is 0 Å². The van der Waals surface area contributed by atoms with E-state index in [1.54, 1.807) is 29.2 Å². The van der Waals surface area contributed by atoms with Gasteiger partial charge in [-0.1, -0.05) is 63.3 Å². The molecule has 2 fully saturated rings. The minimum atomic E-state index is -0.274. The van der Waals surface area contributed by atoms with Crippen LogP contribution in [0.4, 0.5) is 11.4 Å². The normalized spacial score (nSPS) is 16.6. The summed E-state index contributed by atoms with van der Waals surface area (Å²) < 4.78 is 5.77. The number of ketones is 1. The standard InChI is InChI=1S/C31H38N2O4/c1-2-29(34)24-18-20-28(21-19-24)33(27-16-10-5-11-17-27)31(36)23-37-22-30(35)32(25-12-6-3-7-13-25)26-14-8-4-9-15-26/h2,5,10-11,16-21,25-26H,1,3-4,6-9,12-15,22-23H2. The van der Waals surface area contributed by atoms with Crippen molar-refractivity contribution in [2.45, 2.75) is 76.3 Å². The molecule has 196 valence electrons. The average Bonchev–Trinajstić information content (AvgIpc) is 2.95. The number of hydrogen-bond donors (Lipinski definition) is 0. The number of carbonyl (C=O) groups excluding carboxylic acids is 3. The lowest BCUT2D eigenvalue weighted by Crippen LogP contribution is -2.50. The number of allylic oxidation sites excluding steroid dienone is 1. The van der Waals surface area contributed by atoms with Gasteiger partial charge >= 0.3 is 0 Å². The number of hydrogen-bond acceptors (Lipinski definition) is 4. The van der Waals surface area contributed by atoms with Crippen LogP contribution in [0.25, 0.3) is 0 Å².